The van der Waals surface area contributed by atoms with Crippen molar-refractivity contribution < 1.29 is 51.4 Å². The van der Waals surface area contributed by atoms with Gasteiger partial charge in [0.05, 0.1) is 0 Å². The van der Waals surface area contributed by atoms with Crippen molar-refractivity contribution in [1.29, 1.82) is 0 Å². The Morgan fingerprint density at radius 2 is 1.48 bits per heavy atom. The average Bonchev–Trinajstić information content (AvgIpc) is 2.78. The third-order valence-electron chi connectivity index (χ3n) is 4.56. The first-order valence-electron chi connectivity index (χ1n) is 9.70. The third-order valence-corrected chi connectivity index (χ3v) is 6.50. The Labute approximate surface area is 210 Å². The fraction of sp³-hybridized carbons (Fsp3) is 0.160. The van der Waals surface area contributed by atoms with Gasteiger partial charge in [-0.3, -0.25) is 0 Å². The molecular weight excluding hydrogens is 481 g/mol. The molecule has 0 aliphatic heterocycles. The predicted octanol–water partition coefficient (Wildman–Crippen LogP) is 5.54. The molecular formula is C25H25O4SiY-. The number of ether oxygens (including phenoxy) is 2. The number of hydrogen-bond acceptors (Lipinski definition) is 4. The van der Waals surface area contributed by atoms with Gasteiger partial charge in [0.15, 0.2) is 0 Å². The Kier molecular flexibility index (Phi) is 9.85. The van der Waals surface area contributed by atoms with E-state index in [9.17, 15) is 4.79 Å². The maximum atomic E-state index is 12.1. The van der Waals surface area contributed by atoms with Gasteiger partial charge in [0, 0.05) is 45.9 Å². The largest absolute Gasteiger partial charge is 0.494 e. The van der Waals surface area contributed by atoms with Crippen LogP contribution >= 0.6 is 0 Å². The molecule has 0 saturated carbocycles. The molecule has 0 fully saturated rings. The van der Waals surface area contributed by atoms with Gasteiger partial charge in [-0.25, -0.2) is 4.79 Å². The van der Waals surface area contributed by atoms with Crippen molar-refractivity contribution in [3.05, 3.63) is 90.5 Å². The normalized spacial score (nSPS) is 11.1. The number of hydrogen-bond donors (Lipinski definition) is 0. The standard InChI is InChI=1S/C25H25O4Si.Y/c1-27-30(2,3)19-28-23-14-9-20(10-15-23)11-18-25(26)29-24-16-12-22(13-17-24)21-7-5-4-6-8-21;/h5-18H,19H2,1-3H3;/q-1;. The van der Waals surface area contributed by atoms with E-state index in [0.29, 0.717) is 12.0 Å². The summed E-state index contributed by atoms with van der Waals surface area (Å²) in [5, 5.41) is 0. The van der Waals surface area contributed by atoms with Crippen LogP contribution in [-0.4, -0.2) is 27.6 Å². The summed E-state index contributed by atoms with van der Waals surface area (Å²) in [4.78, 5) is 12.1. The van der Waals surface area contributed by atoms with Crippen LogP contribution in [0.5, 0.6) is 11.5 Å². The molecule has 3 rings (SSSR count). The van der Waals surface area contributed by atoms with E-state index >= 15 is 0 Å². The smallest absolute Gasteiger partial charge is 0.336 e. The number of rotatable bonds is 8. The molecule has 31 heavy (non-hydrogen) atoms. The average molecular weight is 506 g/mol. The second-order valence-corrected chi connectivity index (χ2v) is 11.6. The van der Waals surface area contributed by atoms with Crippen LogP contribution in [0.15, 0.2) is 78.9 Å². The van der Waals surface area contributed by atoms with Crippen LogP contribution in [0.3, 0.4) is 0 Å². The molecule has 0 saturated heterocycles. The molecule has 0 bridgehead atoms. The van der Waals surface area contributed by atoms with Crippen LogP contribution in [0.2, 0.25) is 13.1 Å². The van der Waals surface area contributed by atoms with Crippen LogP contribution in [0, 0.1) is 6.07 Å². The molecule has 0 spiro atoms. The molecule has 0 heterocycles. The molecule has 0 N–H and O–H groups in total. The zero-order chi connectivity index (χ0) is 21.4. The Morgan fingerprint density at radius 1 is 0.903 bits per heavy atom. The first kappa shape index (κ1) is 25.2. The summed E-state index contributed by atoms with van der Waals surface area (Å²) in [6.07, 6.45) is 3.72. The fourth-order valence-corrected chi connectivity index (χ4v) is 3.23. The van der Waals surface area contributed by atoms with Gasteiger partial charge in [-0.1, -0.05) is 24.3 Å². The van der Waals surface area contributed by atoms with Crippen molar-refractivity contribution in [2.45, 2.75) is 13.1 Å². The van der Waals surface area contributed by atoms with E-state index in [1.54, 1.807) is 25.3 Å². The Balaban J connectivity index is 0.00000341. The van der Waals surface area contributed by atoms with E-state index in [-0.39, 0.29) is 32.7 Å². The summed E-state index contributed by atoms with van der Waals surface area (Å²) in [5.74, 6) is 0.860. The number of esters is 1. The minimum Gasteiger partial charge on any atom is -0.494 e. The van der Waals surface area contributed by atoms with Gasteiger partial charge in [-0.2, -0.15) is 30.3 Å². The Morgan fingerprint density at radius 3 is 2.10 bits per heavy atom. The van der Waals surface area contributed by atoms with E-state index < -0.39 is 14.3 Å². The van der Waals surface area contributed by atoms with Gasteiger partial charge < -0.3 is 13.9 Å². The maximum Gasteiger partial charge on any atom is 0.336 e. The van der Waals surface area contributed by atoms with E-state index in [1.807, 2.05) is 60.7 Å². The molecule has 0 aliphatic carbocycles. The van der Waals surface area contributed by atoms with Crippen molar-refractivity contribution in [2.24, 2.45) is 0 Å². The quantitative estimate of drug-likeness (QED) is 0.132. The van der Waals surface area contributed by atoms with Crippen molar-refractivity contribution in [3.63, 3.8) is 0 Å². The molecule has 0 aromatic heterocycles. The van der Waals surface area contributed by atoms with Crippen LogP contribution < -0.4 is 9.47 Å². The van der Waals surface area contributed by atoms with Crippen LogP contribution in [-0.2, 0) is 41.9 Å². The SMILES string of the molecule is CO[Si](C)(C)COc1ccc(C=CC(=O)Oc2ccc(-c3cc[c-]cc3)cc2)cc1.[Y]. The summed E-state index contributed by atoms with van der Waals surface area (Å²) in [7, 11) is -0.0415. The summed E-state index contributed by atoms with van der Waals surface area (Å²) in [6.45, 7) is 4.20. The first-order chi connectivity index (χ1) is 14.4. The summed E-state index contributed by atoms with van der Waals surface area (Å²) in [5.41, 5.74) is 3.03. The molecule has 3 aromatic rings. The van der Waals surface area contributed by atoms with Crippen LogP contribution in [0.1, 0.15) is 5.56 Å². The van der Waals surface area contributed by atoms with Crippen molar-refractivity contribution in [2.75, 3.05) is 13.3 Å². The first-order valence-corrected chi connectivity index (χ1v) is 12.8. The zero-order valence-electron chi connectivity index (χ0n) is 18.0. The summed E-state index contributed by atoms with van der Waals surface area (Å²) < 4.78 is 16.6. The summed E-state index contributed by atoms with van der Waals surface area (Å²) >= 11 is 0. The molecule has 0 atom stereocenters. The molecule has 0 aliphatic rings. The monoisotopic (exact) mass is 506 g/mol. The fourth-order valence-electron chi connectivity index (χ4n) is 2.60. The van der Waals surface area contributed by atoms with Gasteiger partial charge in [-0.15, -0.1) is 5.56 Å². The van der Waals surface area contributed by atoms with Gasteiger partial charge >= 0.3 is 5.97 Å². The number of carbonyl (C=O) groups is 1. The van der Waals surface area contributed by atoms with E-state index in [0.717, 1.165) is 22.4 Å². The molecule has 3 aromatic carbocycles. The minimum absolute atomic E-state index is 0. The van der Waals surface area contributed by atoms with Gasteiger partial charge in [-0.05, 0) is 54.6 Å². The Bertz CT molecular complexity index is 984. The van der Waals surface area contributed by atoms with E-state index in [2.05, 4.69) is 19.2 Å². The molecule has 4 nitrogen and oxygen atoms in total. The van der Waals surface area contributed by atoms with Gasteiger partial charge in [0.2, 0.25) is 8.32 Å². The predicted molar refractivity (Wildman–Crippen MR) is 122 cm³/mol. The third kappa shape index (κ3) is 8.19. The second-order valence-electron chi connectivity index (χ2n) is 7.39. The van der Waals surface area contributed by atoms with Crippen molar-refractivity contribution in [3.8, 4) is 22.6 Å². The van der Waals surface area contributed by atoms with Crippen molar-refractivity contribution >= 4 is 20.4 Å². The molecule has 6 heteroatoms. The molecule has 0 amide bonds. The van der Waals surface area contributed by atoms with E-state index in [4.69, 9.17) is 13.9 Å². The molecule has 157 valence electrons. The number of carbonyl (C=O) groups excluding carboxylic acids is 1. The minimum atomic E-state index is -1.76. The van der Waals surface area contributed by atoms with Crippen LogP contribution in [0.4, 0.5) is 0 Å². The van der Waals surface area contributed by atoms with Crippen molar-refractivity contribution in [1.82, 2.24) is 0 Å². The molecule has 1 radical (unpaired) electrons. The second kappa shape index (κ2) is 12.1. The molecule has 0 unspecified atom stereocenters. The summed E-state index contributed by atoms with van der Waals surface area (Å²) in [6, 6.07) is 25.7. The Hall–Kier alpha value is -2.05. The maximum absolute atomic E-state index is 12.1. The zero-order valence-corrected chi connectivity index (χ0v) is 21.8. The topological polar surface area (TPSA) is 44.8 Å². The van der Waals surface area contributed by atoms with Gasteiger partial charge in [0.25, 0.3) is 0 Å². The van der Waals surface area contributed by atoms with Gasteiger partial charge in [0.1, 0.15) is 17.7 Å². The van der Waals surface area contributed by atoms with E-state index in [1.165, 1.54) is 6.08 Å². The van der Waals surface area contributed by atoms with Crippen LogP contribution in [0.25, 0.3) is 17.2 Å². The number of benzene rings is 3.